The monoisotopic (exact) mass is 333 g/mol. The zero-order chi connectivity index (χ0) is 17.2. The molecule has 1 heterocycles. The molecule has 0 radical (unpaired) electrons. The van der Waals surface area contributed by atoms with Gasteiger partial charge in [-0.1, -0.05) is 12.8 Å². The summed E-state index contributed by atoms with van der Waals surface area (Å²) < 4.78 is 0. The number of aromatic nitrogens is 2. The van der Waals surface area contributed by atoms with Gasteiger partial charge in [0.2, 0.25) is 5.95 Å². The number of rotatable bonds is 5. The Hall–Kier alpha value is -1.89. The van der Waals surface area contributed by atoms with Crippen LogP contribution in [0, 0.1) is 0 Å². The standard InChI is InChI=1S/C17H27N5O2/c1-17(7-4-8-17)22-16-19-10-13(14(18)24)15(21-16)20-11-5-2-3-6-12(23)9-11/h10-12,23H,2-9H2,1H3,(H2,18,24)(H2,19,20,21,22)/t11-,12?/m1/s1. The first kappa shape index (κ1) is 17.0. The van der Waals surface area contributed by atoms with Crippen LogP contribution in [0.3, 0.4) is 0 Å². The fraction of sp³-hybridized carbons (Fsp3) is 0.706. The van der Waals surface area contributed by atoms with Crippen molar-refractivity contribution in [2.45, 2.75) is 76.0 Å². The van der Waals surface area contributed by atoms with Crippen molar-refractivity contribution in [3.8, 4) is 0 Å². The molecule has 24 heavy (non-hydrogen) atoms. The van der Waals surface area contributed by atoms with E-state index in [-0.39, 0.29) is 23.2 Å². The molecule has 5 N–H and O–H groups in total. The first-order valence-corrected chi connectivity index (χ1v) is 8.85. The third-order valence-corrected chi connectivity index (χ3v) is 5.16. The minimum Gasteiger partial charge on any atom is -0.393 e. The van der Waals surface area contributed by atoms with Crippen LogP contribution < -0.4 is 16.4 Å². The number of aliphatic hydroxyl groups excluding tert-OH is 1. The Labute approximate surface area is 142 Å². The molecule has 1 amide bonds. The highest BCUT2D eigenvalue weighted by molar-refractivity contribution is 5.97. The maximum absolute atomic E-state index is 11.7. The van der Waals surface area contributed by atoms with Crippen LogP contribution in [0.1, 0.15) is 68.6 Å². The molecule has 1 unspecified atom stereocenters. The number of anilines is 2. The molecule has 3 rings (SSSR count). The summed E-state index contributed by atoms with van der Waals surface area (Å²) >= 11 is 0. The Morgan fingerprint density at radius 3 is 2.75 bits per heavy atom. The molecule has 7 heteroatoms. The van der Waals surface area contributed by atoms with Gasteiger partial charge in [0, 0.05) is 17.8 Å². The molecule has 0 spiro atoms. The van der Waals surface area contributed by atoms with Crippen molar-refractivity contribution < 1.29 is 9.90 Å². The van der Waals surface area contributed by atoms with Crippen LogP contribution in [0.25, 0.3) is 0 Å². The van der Waals surface area contributed by atoms with Crippen molar-refractivity contribution >= 4 is 17.7 Å². The van der Waals surface area contributed by atoms with Gasteiger partial charge in [-0.25, -0.2) is 4.98 Å². The van der Waals surface area contributed by atoms with Crippen LogP contribution in [0.15, 0.2) is 6.20 Å². The van der Waals surface area contributed by atoms with Crippen molar-refractivity contribution in [1.82, 2.24) is 9.97 Å². The molecule has 1 aromatic heterocycles. The topological polar surface area (TPSA) is 113 Å². The Morgan fingerprint density at radius 2 is 2.08 bits per heavy atom. The Balaban J connectivity index is 1.78. The van der Waals surface area contributed by atoms with Gasteiger partial charge in [0.1, 0.15) is 5.82 Å². The highest BCUT2D eigenvalue weighted by Crippen LogP contribution is 2.34. The van der Waals surface area contributed by atoms with Gasteiger partial charge in [0.15, 0.2) is 0 Å². The van der Waals surface area contributed by atoms with Gasteiger partial charge in [0.05, 0.1) is 11.7 Å². The number of hydrogen-bond donors (Lipinski definition) is 4. The highest BCUT2D eigenvalue weighted by Gasteiger charge is 2.32. The number of nitrogens with two attached hydrogens (primary N) is 1. The fourth-order valence-corrected chi connectivity index (χ4v) is 3.49. The molecular formula is C17H27N5O2. The normalized spacial score (nSPS) is 26.1. The average molecular weight is 333 g/mol. The van der Waals surface area contributed by atoms with Gasteiger partial charge in [-0.05, 0) is 45.4 Å². The van der Waals surface area contributed by atoms with E-state index in [2.05, 4.69) is 27.5 Å². The van der Waals surface area contributed by atoms with Crippen molar-refractivity contribution in [3.05, 3.63) is 11.8 Å². The Bertz CT molecular complexity index is 603. The molecule has 0 saturated heterocycles. The third kappa shape index (κ3) is 3.95. The van der Waals surface area contributed by atoms with E-state index in [4.69, 9.17) is 5.73 Å². The lowest BCUT2D eigenvalue weighted by Crippen LogP contribution is -2.42. The molecule has 2 aliphatic rings. The average Bonchev–Trinajstić information content (AvgIpc) is 2.69. The SMILES string of the molecule is CC1(Nc2ncc(C(N)=O)c(N[C@@H]3CCCCC(O)C3)n2)CCC1. The predicted octanol–water partition coefficient (Wildman–Crippen LogP) is 2.04. The van der Waals surface area contributed by atoms with E-state index in [9.17, 15) is 9.90 Å². The lowest BCUT2D eigenvalue weighted by atomic mass is 9.79. The lowest BCUT2D eigenvalue weighted by molar-refractivity contribution is 0.100. The predicted molar refractivity (Wildman–Crippen MR) is 92.9 cm³/mol. The summed E-state index contributed by atoms with van der Waals surface area (Å²) in [5.74, 6) is 0.425. The van der Waals surface area contributed by atoms with Gasteiger partial charge in [-0.15, -0.1) is 0 Å². The molecule has 2 aliphatic carbocycles. The smallest absolute Gasteiger partial charge is 0.254 e. The molecule has 7 nitrogen and oxygen atoms in total. The number of aliphatic hydroxyl groups is 1. The summed E-state index contributed by atoms with van der Waals surface area (Å²) in [6.07, 6.45) is 9.06. The summed E-state index contributed by atoms with van der Waals surface area (Å²) in [6, 6.07) is 0.0858. The fourth-order valence-electron chi connectivity index (χ4n) is 3.49. The number of carbonyl (C=O) groups is 1. The first-order chi connectivity index (χ1) is 11.5. The number of hydrogen-bond acceptors (Lipinski definition) is 6. The van der Waals surface area contributed by atoms with E-state index in [1.54, 1.807) is 0 Å². The highest BCUT2D eigenvalue weighted by atomic mass is 16.3. The van der Waals surface area contributed by atoms with Crippen molar-refractivity contribution in [2.24, 2.45) is 5.73 Å². The number of nitrogens with zero attached hydrogens (tertiary/aromatic N) is 2. The summed E-state index contributed by atoms with van der Waals surface area (Å²) in [5.41, 5.74) is 5.79. The second kappa shape index (κ2) is 6.93. The van der Waals surface area contributed by atoms with Crippen LogP contribution in [-0.2, 0) is 0 Å². The zero-order valence-electron chi connectivity index (χ0n) is 14.2. The minimum absolute atomic E-state index is 0.0318. The number of amides is 1. The second-order valence-corrected chi connectivity index (χ2v) is 7.37. The van der Waals surface area contributed by atoms with Gasteiger partial charge >= 0.3 is 0 Å². The lowest BCUT2D eigenvalue weighted by Gasteiger charge is -2.39. The van der Waals surface area contributed by atoms with E-state index in [1.165, 1.54) is 12.6 Å². The molecule has 0 aromatic carbocycles. The van der Waals surface area contributed by atoms with Crippen LogP contribution in [0.5, 0.6) is 0 Å². The largest absolute Gasteiger partial charge is 0.393 e. The number of primary amides is 1. The van der Waals surface area contributed by atoms with Gasteiger partial charge < -0.3 is 21.5 Å². The molecule has 2 atom stereocenters. The van der Waals surface area contributed by atoms with Crippen LogP contribution in [-0.4, -0.2) is 38.7 Å². The summed E-state index contributed by atoms with van der Waals surface area (Å²) in [5, 5.41) is 16.7. The van der Waals surface area contributed by atoms with Crippen molar-refractivity contribution in [2.75, 3.05) is 10.6 Å². The summed E-state index contributed by atoms with van der Waals surface area (Å²) in [6.45, 7) is 2.15. The quantitative estimate of drug-likeness (QED) is 0.613. The zero-order valence-corrected chi connectivity index (χ0v) is 14.2. The minimum atomic E-state index is -0.548. The summed E-state index contributed by atoms with van der Waals surface area (Å²) in [4.78, 5) is 20.4. The Kier molecular flexibility index (Phi) is 4.89. The van der Waals surface area contributed by atoms with Gasteiger partial charge in [0.25, 0.3) is 5.91 Å². The van der Waals surface area contributed by atoms with E-state index < -0.39 is 5.91 Å². The molecule has 1 aromatic rings. The van der Waals surface area contributed by atoms with Crippen LogP contribution in [0.2, 0.25) is 0 Å². The molecule has 0 aliphatic heterocycles. The first-order valence-electron chi connectivity index (χ1n) is 8.85. The maximum atomic E-state index is 11.7. The van der Waals surface area contributed by atoms with Gasteiger partial charge in [-0.2, -0.15) is 4.98 Å². The van der Waals surface area contributed by atoms with Crippen LogP contribution in [0.4, 0.5) is 11.8 Å². The van der Waals surface area contributed by atoms with Crippen LogP contribution >= 0.6 is 0 Å². The van der Waals surface area contributed by atoms with E-state index >= 15 is 0 Å². The van der Waals surface area contributed by atoms with E-state index in [0.717, 1.165) is 38.5 Å². The molecular weight excluding hydrogens is 306 g/mol. The molecule has 0 bridgehead atoms. The number of nitrogens with one attached hydrogen (secondary N) is 2. The Morgan fingerprint density at radius 1 is 1.33 bits per heavy atom. The van der Waals surface area contributed by atoms with E-state index in [1.807, 2.05) is 0 Å². The second-order valence-electron chi connectivity index (χ2n) is 7.37. The van der Waals surface area contributed by atoms with Gasteiger partial charge in [-0.3, -0.25) is 4.79 Å². The molecule has 132 valence electrons. The summed E-state index contributed by atoms with van der Waals surface area (Å²) in [7, 11) is 0. The van der Waals surface area contributed by atoms with Crippen molar-refractivity contribution in [1.29, 1.82) is 0 Å². The number of carbonyl (C=O) groups excluding carboxylic acids is 1. The molecule has 2 saturated carbocycles. The maximum Gasteiger partial charge on any atom is 0.254 e. The molecule has 2 fully saturated rings. The van der Waals surface area contributed by atoms with Crippen molar-refractivity contribution in [3.63, 3.8) is 0 Å². The third-order valence-electron chi connectivity index (χ3n) is 5.16. The van der Waals surface area contributed by atoms with E-state index in [0.29, 0.717) is 18.2 Å².